The Morgan fingerprint density at radius 3 is 2.71 bits per heavy atom. The van der Waals surface area contributed by atoms with Gasteiger partial charge in [-0.05, 0) is 30.4 Å². The Balaban J connectivity index is 1.66. The molecule has 1 amide bonds. The van der Waals surface area contributed by atoms with Gasteiger partial charge in [-0.1, -0.05) is 23.4 Å². The monoisotopic (exact) mass is 286 g/mol. The summed E-state index contributed by atoms with van der Waals surface area (Å²) in [5.41, 5.74) is 1.23. The van der Waals surface area contributed by atoms with Crippen molar-refractivity contribution in [2.45, 2.75) is 18.8 Å². The van der Waals surface area contributed by atoms with E-state index >= 15 is 0 Å². The van der Waals surface area contributed by atoms with Gasteiger partial charge >= 0.3 is 0 Å². The number of para-hydroxylation sites is 1. The van der Waals surface area contributed by atoms with Crippen molar-refractivity contribution < 1.29 is 14.1 Å². The Bertz CT molecular complexity index is 602. The van der Waals surface area contributed by atoms with E-state index in [1.807, 2.05) is 23.1 Å². The van der Waals surface area contributed by atoms with Crippen LogP contribution in [0.3, 0.4) is 0 Å². The first-order chi connectivity index (χ1) is 10.3. The zero-order valence-corrected chi connectivity index (χ0v) is 12.0. The number of amides is 1. The number of piperidine rings is 1. The number of benzene rings is 1. The molecule has 5 nitrogen and oxygen atoms in total. The van der Waals surface area contributed by atoms with Crippen LogP contribution in [0, 0.1) is 0 Å². The van der Waals surface area contributed by atoms with Crippen LogP contribution in [0.1, 0.15) is 34.9 Å². The normalized spacial score (nSPS) is 16.0. The molecule has 1 aliphatic rings. The van der Waals surface area contributed by atoms with Crippen molar-refractivity contribution in [3.05, 3.63) is 47.9 Å². The molecular weight excluding hydrogens is 268 g/mol. The van der Waals surface area contributed by atoms with E-state index in [9.17, 15) is 4.79 Å². The van der Waals surface area contributed by atoms with Gasteiger partial charge in [-0.25, -0.2) is 0 Å². The minimum absolute atomic E-state index is 0.0778. The molecule has 1 saturated heterocycles. The molecule has 1 fully saturated rings. The quantitative estimate of drug-likeness (QED) is 0.870. The van der Waals surface area contributed by atoms with Crippen LogP contribution in [-0.2, 0) is 0 Å². The Labute approximate surface area is 123 Å². The lowest BCUT2D eigenvalue weighted by Gasteiger charge is -2.32. The number of carbonyl (C=O) groups is 1. The third-order valence-electron chi connectivity index (χ3n) is 4.01. The molecular formula is C16H18N2O3. The fourth-order valence-corrected chi connectivity index (χ4v) is 2.88. The summed E-state index contributed by atoms with van der Waals surface area (Å²) >= 11 is 0. The largest absolute Gasteiger partial charge is 0.496 e. The van der Waals surface area contributed by atoms with Crippen LogP contribution in [-0.4, -0.2) is 36.2 Å². The van der Waals surface area contributed by atoms with Gasteiger partial charge in [0.15, 0.2) is 0 Å². The van der Waals surface area contributed by atoms with Crippen molar-refractivity contribution in [1.82, 2.24) is 10.1 Å². The van der Waals surface area contributed by atoms with Gasteiger partial charge in [0.05, 0.1) is 13.3 Å². The zero-order valence-electron chi connectivity index (χ0n) is 12.0. The zero-order chi connectivity index (χ0) is 14.7. The first-order valence-corrected chi connectivity index (χ1v) is 7.12. The summed E-state index contributed by atoms with van der Waals surface area (Å²) in [6.07, 6.45) is 3.36. The van der Waals surface area contributed by atoms with Crippen LogP contribution >= 0.6 is 0 Å². The molecule has 1 aromatic carbocycles. The van der Waals surface area contributed by atoms with Gasteiger partial charge in [0.2, 0.25) is 5.76 Å². The number of nitrogens with zero attached hydrogens (tertiary/aromatic N) is 2. The summed E-state index contributed by atoms with van der Waals surface area (Å²) in [5.74, 6) is 1.59. The maximum atomic E-state index is 12.2. The number of ether oxygens (including phenoxy) is 1. The molecule has 0 saturated carbocycles. The molecule has 0 N–H and O–H groups in total. The lowest BCUT2D eigenvalue weighted by molar-refractivity contribution is 0.0670. The second-order valence-corrected chi connectivity index (χ2v) is 5.19. The highest BCUT2D eigenvalue weighted by molar-refractivity contribution is 5.91. The van der Waals surface area contributed by atoms with Gasteiger partial charge < -0.3 is 14.2 Å². The summed E-state index contributed by atoms with van der Waals surface area (Å²) in [5, 5.41) is 3.58. The van der Waals surface area contributed by atoms with E-state index in [0.717, 1.165) is 31.7 Å². The highest BCUT2D eigenvalue weighted by atomic mass is 16.5. The van der Waals surface area contributed by atoms with Crippen LogP contribution < -0.4 is 4.74 Å². The van der Waals surface area contributed by atoms with Crippen LogP contribution in [0.25, 0.3) is 0 Å². The number of rotatable bonds is 3. The molecule has 5 heteroatoms. The number of methoxy groups -OCH3 is 1. The van der Waals surface area contributed by atoms with Gasteiger partial charge in [-0.2, -0.15) is 0 Å². The van der Waals surface area contributed by atoms with E-state index in [2.05, 4.69) is 11.2 Å². The predicted molar refractivity (Wildman–Crippen MR) is 77.4 cm³/mol. The topological polar surface area (TPSA) is 55.6 Å². The van der Waals surface area contributed by atoms with Crippen molar-refractivity contribution in [2.75, 3.05) is 20.2 Å². The van der Waals surface area contributed by atoms with Crippen molar-refractivity contribution in [3.63, 3.8) is 0 Å². The molecule has 0 radical (unpaired) electrons. The van der Waals surface area contributed by atoms with Crippen LogP contribution in [0.5, 0.6) is 5.75 Å². The molecule has 0 unspecified atom stereocenters. The molecule has 1 aromatic heterocycles. The van der Waals surface area contributed by atoms with Gasteiger partial charge in [-0.15, -0.1) is 0 Å². The van der Waals surface area contributed by atoms with E-state index in [-0.39, 0.29) is 5.91 Å². The Hall–Kier alpha value is -2.30. The maximum absolute atomic E-state index is 12.2. The second kappa shape index (κ2) is 5.99. The lowest BCUT2D eigenvalue weighted by atomic mass is 9.88. The van der Waals surface area contributed by atoms with E-state index in [4.69, 9.17) is 9.26 Å². The summed E-state index contributed by atoms with van der Waals surface area (Å²) in [6.45, 7) is 1.45. The smallest absolute Gasteiger partial charge is 0.292 e. The first kappa shape index (κ1) is 13.7. The first-order valence-electron chi connectivity index (χ1n) is 7.12. The molecule has 1 aliphatic heterocycles. The van der Waals surface area contributed by atoms with Crippen molar-refractivity contribution >= 4 is 5.91 Å². The number of aromatic nitrogens is 1. The summed E-state index contributed by atoms with van der Waals surface area (Å²) in [4.78, 5) is 14.0. The van der Waals surface area contributed by atoms with Gasteiger partial charge in [0.1, 0.15) is 5.75 Å². The van der Waals surface area contributed by atoms with Crippen molar-refractivity contribution in [2.24, 2.45) is 0 Å². The molecule has 2 aromatic rings. The number of hydrogen-bond donors (Lipinski definition) is 0. The van der Waals surface area contributed by atoms with E-state index < -0.39 is 0 Å². The Morgan fingerprint density at radius 2 is 2.05 bits per heavy atom. The van der Waals surface area contributed by atoms with Crippen LogP contribution in [0.15, 0.2) is 41.1 Å². The van der Waals surface area contributed by atoms with Gasteiger partial charge in [0.25, 0.3) is 5.91 Å². The van der Waals surface area contributed by atoms with E-state index in [1.165, 1.54) is 11.8 Å². The molecule has 21 heavy (non-hydrogen) atoms. The number of hydrogen-bond acceptors (Lipinski definition) is 4. The molecule has 2 heterocycles. The number of carbonyl (C=O) groups excluding carboxylic acids is 1. The third kappa shape index (κ3) is 2.77. The molecule has 0 aliphatic carbocycles. The van der Waals surface area contributed by atoms with Gasteiger partial charge in [-0.3, -0.25) is 4.79 Å². The van der Waals surface area contributed by atoms with Crippen molar-refractivity contribution in [1.29, 1.82) is 0 Å². The van der Waals surface area contributed by atoms with E-state index in [1.54, 1.807) is 13.2 Å². The predicted octanol–water partition coefficient (Wildman–Crippen LogP) is 2.70. The van der Waals surface area contributed by atoms with Crippen LogP contribution in [0.4, 0.5) is 0 Å². The fraction of sp³-hybridized carbons (Fsp3) is 0.375. The lowest BCUT2D eigenvalue weighted by Crippen LogP contribution is -2.37. The maximum Gasteiger partial charge on any atom is 0.292 e. The standard InChI is InChI=1S/C16H18N2O3/c1-20-14-5-3-2-4-13(14)12-7-10-18(11-8-12)16(19)15-6-9-17-21-15/h2-6,9,12H,7-8,10-11H2,1H3. The number of likely N-dealkylation sites (tertiary alicyclic amines) is 1. The van der Waals surface area contributed by atoms with E-state index in [0.29, 0.717) is 11.7 Å². The van der Waals surface area contributed by atoms with Crippen molar-refractivity contribution in [3.8, 4) is 5.75 Å². The minimum atomic E-state index is -0.0778. The van der Waals surface area contributed by atoms with Gasteiger partial charge in [0, 0.05) is 19.2 Å². The average Bonchev–Trinajstić information content (AvgIpc) is 3.09. The molecule has 110 valence electrons. The fourth-order valence-electron chi connectivity index (χ4n) is 2.88. The molecule has 0 bridgehead atoms. The minimum Gasteiger partial charge on any atom is -0.496 e. The Kier molecular flexibility index (Phi) is 3.90. The molecule has 3 rings (SSSR count). The highest BCUT2D eigenvalue weighted by Crippen LogP contribution is 2.34. The SMILES string of the molecule is COc1ccccc1C1CCN(C(=O)c2ccno2)CC1. The third-order valence-corrected chi connectivity index (χ3v) is 4.01. The second-order valence-electron chi connectivity index (χ2n) is 5.19. The molecule has 0 atom stereocenters. The average molecular weight is 286 g/mol. The summed E-state index contributed by atoms with van der Waals surface area (Å²) in [6, 6.07) is 9.71. The summed E-state index contributed by atoms with van der Waals surface area (Å²) < 4.78 is 10.4. The van der Waals surface area contributed by atoms with Crippen LogP contribution in [0.2, 0.25) is 0 Å². The highest BCUT2D eigenvalue weighted by Gasteiger charge is 2.27. The summed E-state index contributed by atoms with van der Waals surface area (Å²) in [7, 11) is 1.70. The Morgan fingerprint density at radius 1 is 1.29 bits per heavy atom. The molecule has 0 spiro atoms.